The summed E-state index contributed by atoms with van der Waals surface area (Å²) in [5, 5.41) is 4.29. The zero-order chi connectivity index (χ0) is 11.7. The van der Waals surface area contributed by atoms with E-state index >= 15 is 0 Å². The van der Waals surface area contributed by atoms with E-state index in [-0.39, 0.29) is 5.41 Å². The van der Waals surface area contributed by atoms with Crippen molar-refractivity contribution >= 4 is 0 Å². The summed E-state index contributed by atoms with van der Waals surface area (Å²) in [5.41, 5.74) is 2.48. The summed E-state index contributed by atoms with van der Waals surface area (Å²) in [6.45, 7) is 0.575. The van der Waals surface area contributed by atoms with Gasteiger partial charge in [-0.3, -0.25) is 0 Å². The largest absolute Gasteiger partial charge is 0.304 e. The molecular weight excluding hydrogens is 214 g/mol. The first kappa shape index (κ1) is 10.5. The molecule has 1 aromatic carbocycles. The van der Waals surface area contributed by atoms with E-state index in [1.807, 2.05) is 23.0 Å². The predicted molar refractivity (Wildman–Crippen MR) is 64.6 cm³/mol. The first-order chi connectivity index (χ1) is 8.36. The Morgan fingerprint density at radius 1 is 1.29 bits per heavy atom. The van der Waals surface area contributed by atoms with Crippen molar-refractivity contribution < 1.29 is 4.84 Å². The van der Waals surface area contributed by atoms with Crippen molar-refractivity contribution in [1.82, 2.24) is 9.78 Å². The Kier molecular flexibility index (Phi) is 2.46. The number of nitrogens with two attached hydrogens (primary N) is 1. The summed E-state index contributed by atoms with van der Waals surface area (Å²) < 4.78 is 1.89. The maximum absolute atomic E-state index is 5.24. The summed E-state index contributed by atoms with van der Waals surface area (Å²) in [5.74, 6) is 5.24. The second kappa shape index (κ2) is 3.98. The van der Waals surface area contributed by atoms with Crippen LogP contribution in [0.3, 0.4) is 0 Å². The van der Waals surface area contributed by atoms with Crippen LogP contribution >= 0.6 is 0 Å². The zero-order valence-electron chi connectivity index (χ0n) is 9.54. The Hall–Kier alpha value is -1.65. The van der Waals surface area contributed by atoms with Gasteiger partial charge in [-0.2, -0.15) is 5.10 Å². The molecule has 0 unspecified atom stereocenters. The van der Waals surface area contributed by atoms with Crippen molar-refractivity contribution in [1.29, 1.82) is 0 Å². The molecule has 88 valence electrons. The standard InChI is InChI=1S/C13H15N3O/c14-17-10-13(6-7-13)11-4-1-2-5-12(11)16-9-3-8-15-16/h1-5,8-9H,6-7,10,14H2. The molecule has 4 heteroatoms. The van der Waals surface area contributed by atoms with Crippen molar-refractivity contribution in [2.24, 2.45) is 5.90 Å². The highest BCUT2D eigenvalue weighted by Gasteiger charge is 2.46. The van der Waals surface area contributed by atoms with Gasteiger partial charge in [-0.1, -0.05) is 18.2 Å². The average Bonchev–Trinajstić information content (AvgIpc) is 2.94. The van der Waals surface area contributed by atoms with E-state index in [4.69, 9.17) is 10.7 Å². The van der Waals surface area contributed by atoms with Gasteiger partial charge < -0.3 is 4.84 Å². The van der Waals surface area contributed by atoms with Crippen LogP contribution in [0, 0.1) is 0 Å². The molecule has 17 heavy (non-hydrogen) atoms. The van der Waals surface area contributed by atoms with E-state index in [9.17, 15) is 0 Å². The monoisotopic (exact) mass is 229 g/mol. The maximum atomic E-state index is 5.24. The van der Waals surface area contributed by atoms with Crippen LogP contribution in [-0.4, -0.2) is 16.4 Å². The lowest BCUT2D eigenvalue weighted by molar-refractivity contribution is 0.116. The van der Waals surface area contributed by atoms with E-state index in [2.05, 4.69) is 23.3 Å². The third-order valence-electron chi connectivity index (χ3n) is 3.44. The van der Waals surface area contributed by atoms with Gasteiger partial charge in [0, 0.05) is 17.8 Å². The second-order valence-corrected chi connectivity index (χ2v) is 4.56. The van der Waals surface area contributed by atoms with Crippen molar-refractivity contribution in [2.75, 3.05) is 6.61 Å². The van der Waals surface area contributed by atoms with Crippen molar-refractivity contribution in [2.45, 2.75) is 18.3 Å². The second-order valence-electron chi connectivity index (χ2n) is 4.56. The molecule has 1 fully saturated rings. The van der Waals surface area contributed by atoms with Crippen molar-refractivity contribution in [3.8, 4) is 5.69 Å². The van der Waals surface area contributed by atoms with Crippen LogP contribution in [0.2, 0.25) is 0 Å². The molecule has 0 radical (unpaired) electrons. The van der Waals surface area contributed by atoms with Gasteiger partial charge in [-0.05, 0) is 30.5 Å². The van der Waals surface area contributed by atoms with Crippen LogP contribution < -0.4 is 5.90 Å². The fourth-order valence-corrected chi connectivity index (χ4v) is 2.34. The summed E-state index contributed by atoms with van der Waals surface area (Å²) in [6, 6.07) is 10.2. The molecule has 0 amide bonds. The molecule has 0 bridgehead atoms. The van der Waals surface area contributed by atoms with Crippen LogP contribution in [-0.2, 0) is 10.3 Å². The van der Waals surface area contributed by atoms with Gasteiger partial charge in [-0.15, -0.1) is 0 Å². The Balaban J connectivity index is 2.06. The van der Waals surface area contributed by atoms with Gasteiger partial charge in [0.05, 0.1) is 12.3 Å². The molecule has 3 rings (SSSR count). The fraction of sp³-hybridized carbons (Fsp3) is 0.308. The number of rotatable bonds is 4. The highest BCUT2D eigenvalue weighted by atomic mass is 16.6. The minimum atomic E-state index is 0.0945. The number of hydrogen-bond donors (Lipinski definition) is 1. The number of benzene rings is 1. The van der Waals surface area contributed by atoms with Crippen molar-refractivity contribution in [3.05, 3.63) is 48.3 Å². The lowest BCUT2D eigenvalue weighted by Crippen LogP contribution is -2.20. The smallest absolute Gasteiger partial charge is 0.0776 e. The molecule has 0 saturated heterocycles. The molecule has 0 aliphatic heterocycles. The molecular formula is C13H15N3O. The van der Waals surface area contributed by atoms with Gasteiger partial charge in [0.25, 0.3) is 0 Å². The first-order valence-corrected chi connectivity index (χ1v) is 5.77. The quantitative estimate of drug-likeness (QED) is 0.813. The summed E-state index contributed by atoms with van der Waals surface area (Å²) in [7, 11) is 0. The summed E-state index contributed by atoms with van der Waals surface area (Å²) in [4.78, 5) is 4.87. The average molecular weight is 229 g/mol. The normalized spacial score (nSPS) is 17.0. The van der Waals surface area contributed by atoms with Gasteiger partial charge in [-0.25, -0.2) is 10.6 Å². The molecule has 1 aliphatic rings. The number of aromatic nitrogens is 2. The highest BCUT2D eigenvalue weighted by molar-refractivity contribution is 5.48. The number of nitrogens with zero attached hydrogens (tertiary/aromatic N) is 2. The van der Waals surface area contributed by atoms with Gasteiger partial charge in [0.2, 0.25) is 0 Å². The Labute approximate surface area is 100.0 Å². The minimum absolute atomic E-state index is 0.0945. The zero-order valence-corrected chi connectivity index (χ0v) is 9.54. The lowest BCUT2D eigenvalue weighted by Gasteiger charge is -2.18. The lowest BCUT2D eigenvalue weighted by atomic mass is 9.95. The maximum Gasteiger partial charge on any atom is 0.0776 e. The Bertz CT molecular complexity index is 503. The van der Waals surface area contributed by atoms with Crippen molar-refractivity contribution in [3.63, 3.8) is 0 Å². The highest BCUT2D eigenvalue weighted by Crippen LogP contribution is 2.49. The summed E-state index contributed by atoms with van der Waals surface area (Å²) in [6.07, 6.45) is 6.00. The van der Waals surface area contributed by atoms with Gasteiger partial charge >= 0.3 is 0 Å². The molecule has 1 heterocycles. The Morgan fingerprint density at radius 2 is 2.12 bits per heavy atom. The molecule has 0 atom stereocenters. The van der Waals surface area contributed by atoms with Gasteiger partial charge in [0.15, 0.2) is 0 Å². The molecule has 2 N–H and O–H groups in total. The van der Waals surface area contributed by atoms with E-state index < -0.39 is 0 Å². The SMILES string of the molecule is NOCC1(c2ccccc2-n2cccn2)CC1. The topological polar surface area (TPSA) is 53.1 Å². The van der Waals surface area contributed by atoms with E-state index in [0.29, 0.717) is 6.61 Å². The van der Waals surface area contributed by atoms with Crippen LogP contribution in [0.4, 0.5) is 0 Å². The van der Waals surface area contributed by atoms with E-state index in [1.54, 1.807) is 6.20 Å². The van der Waals surface area contributed by atoms with E-state index in [0.717, 1.165) is 18.5 Å². The number of para-hydroxylation sites is 1. The molecule has 0 spiro atoms. The third-order valence-corrected chi connectivity index (χ3v) is 3.44. The summed E-state index contributed by atoms with van der Waals surface area (Å²) >= 11 is 0. The van der Waals surface area contributed by atoms with E-state index in [1.165, 1.54) is 5.56 Å². The molecule has 1 aromatic heterocycles. The third kappa shape index (κ3) is 1.75. The fourth-order valence-electron chi connectivity index (χ4n) is 2.34. The molecule has 4 nitrogen and oxygen atoms in total. The van der Waals surface area contributed by atoms with Crippen LogP contribution in [0.1, 0.15) is 18.4 Å². The van der Waals surface area contributed by atoms with Gasteiger partial charge in [0.1, 0.15) is 0 Å². The molecule has 1 aliphatic carbocycles. The Morgan fingerprint density at radius 3 is 2.76 bits per heavy atom. The minimum Gasteiger partial charge on any atom is -0.304 e. The van der Waals surface area contributed by atoms with Crippen LogP contribution in [0.15, 0.2) is 42.7 Å². The first-order valence-electron chi connectivity index (χ1n) is 5.77. The van der Waals surface area contributed by atoms with Crippen LogP contribution in [0.25, 0.3) is 5.69 Å². The molecule has 1 saturated carbocycles. The number of hydrogen-bond acceptors (Lipinski definition) is 3. The molecule has 2 aromatic rings. The van der Waals surface area contributed by atoms with Crippen LogP contribution in [0.5, 0.6) is 0 Å². The predicted octanol–water partition coefficient (Wildman–Crippen LogP) is 1.79.